The minimum Gasteiger partial charge on any atom is -0.394 e. The molecule has 3 saturated carbocycles. The molecule has 1 aromatic heterocycles. The van der Waals surface area contributed by atoms with E-state index in [0.717, 1.165) is 4.88 Å². The molecule has 1 heterocycles. The normalized spacial score (nSPS) is 35.1. The summed E-state index contributed by atoms with van der Waals surface area (Å²) in [7, 11) is 0. The van der Waals surface area contributed by atoms with Crippen molar-refractivity contribution in [2.75, 3.05) is 13.2 Å². The van der Waals surface area contributed by atoms with Crippen LogP contribution in [0, 0.1) is 16.0 Å². The van der Waals surface area contributed by atoms with E-state index in [2.05, 4.69) is 0 Å². The Labute approximate surface area is 125 Å². The second-order valence-corrected chi connectivity index (χ2v) is 6.68. The molecule has 0 amide bonds. The summed E-state index contributed by atoms with van der Waals surface area (Å²) in [6.45, 7) is -0.174. The van der Waals surface area contributed by atoms with Crippen molar-refractivity contribution in [1.82, 2.24) is 0 Å². The van der Waals surface area contributed by atoms with Crippen LogP contribution in [0.25, 0.3) is 0 Å². The predicted molar refractivity (Wildman–Crippen MR) is 76.0 cm³/mol. The zero-order valence-electron chi connectivity index (χ0n) is 11.4. The topological polar surface area (TPSA) is 89.7 Å². The highest BCUT2D eigenvalue weighted by Crippen LogP contribution is 2.53. The SMILES string of the molecule is O=C1C[C@]2(OCCO)CC[C@H]1[C@H](c1cccs1)[C@H]2[N+](=O)[O-]. The van der Waals surface area contributed by atoms with Crippen LogP contribution in [0.3, 0.4) is 0 Å². The summed E-state index contributed by atoms with van der Waals surface area (Å²) in [5.41, 5.74) is -1.06. The first-order chi connectivity index (χ1) is 10.1. The van der Waals surface area contributed by atoms with Crippen molar-refractivity contribution in [2.45, 2.75) is 36.8 Å². The highest BCUT2D eigenvalue weighted by Gasteiger charge is 2.64. The summed E-state index contributed by atoms with van der Waals surface area (Å²) in [6.07, 6.45) is 1.22. The molecule has 0 spiro atoms. The van der Waals surface area contributed by atoms with Gasteiger partial charge in [-0.2, -0.15) is 0 Å². The number of ketones is 1. The lowest BCUT2D eigenvalue weighted by atomic mass is 9.58. The Hall–Kier alpha value is -1.31. The van der Waals surface area contributed by atoms with E-state index in [1.165, 1.54) is 11.3 Å². The van der Waals surface area contributed by atoms with Crippen LogP contribution >= 0.6 is 11.3 Å². The lowest BCUT2D eigenvalue weighted by Crippen LogP contribution is -2.63. The maximum absolute atomic E-state index is 12.3. The lowest BCUT2D eigenvalue weighted by molar-refractivity contribution is -0.558. The van der Waals surface area contributed by atoms with E-state index in [0.29, 0.717) is 12.8 Å². The van der Waals surface area contributed by atoms with Gasteiger partial charge in [-0.3, -0.25) is 14.9 Å². The number of rotatable bonds is 5. The van der Waals surface area contributed by atoms with Crippen molar-refractivity contribution >= 4 is 17.1 Å². The molecule has 1 aromatic rings. The van der Waals surface area contributed by atoms with Gasteiger partial charge in [0.15, 0.2) is 0 Å². The molecule has 6 nitrogen and oxygen atoms in total. The molecule has 4 atom stereocenters. The number of ether oxygens (including phenoxy) is 1. The molecule has 0 saturated heterocycles. The van der Waals surface area contributed by atoms with E-state index in [9.17, 15) is 14.9 Å². The number of aliphatic hydroxyl groups excluding tert-OH is 1. The molecule has 3 fully saturated rings. The average Bonchev–Trinajstić information content (AvgIpc) is 2.98. The van der Waals surface area contributed by atoms with Crippen molar-refractivity contribution in [3.8, 4) is 0 Å². The maximum Gasteiger partial charge on any atom is 0.250 e. The number of thiophene rings is 1. The van der Waals surface area contributed by atoms with E-state index in [1.807, 2.05) is 17.5 Å². The first kappa shape index (κ1) is 14.6. The van der Waals surface area contributed by atoms with E-state index >= 15 is 0 Å². The van der Waals surface area contributed by atoms with Crippen molar-refractivity contribution in [3.05, 3.63) is 32.5 Å². The smallest absolute Gasteiger partial charge is 0.250 e. The van der Waals surface area contributed by atoms with Gasteiger partial charge >= 0.3 is 0 Å². The molecule has 7 heteroatoms. The fraction of sp³-hybridized carbons (Fsp3) is 0.643. The lowest BCUT2D eigenvalue weighted by Gasteiger charge is -2.49. The zero-order valence-corrected chi connectivity index (χ0v) is 12.3. The largest absolute Gasteiger partial charge is 0.394 e. The number of Topliss-reactive ketones (excluding diaryl/α,β-unsaturated/α-hetero) is 1. The Kier molecular flexibility index (Phi) is 3.81. The predicted octanol–water partition coefficient (Wildman–Crippen LogP) is 1.61. The quantitative estimate of drug-likeness (QED) is 0.659. The van der Waals surface area contributed by atoms with Gasteiger partial charge in [-0.25, -0.2) is 0 Å². The molecule has 3 aliphatic carbocycles. The number of hydrogen-bond donors (Lipinski definition) is 1. The number of carbonyl (C=O) groups is 1. The van der Waals surface area contributed by atoms with Crippen LogP contribution in [0.1, 0.15) is 30.1 Å². The number of hydrogen-bond acceptors (Lipinski definition) is 6. The van der Waals surface area contributed by atoms with E-state index in [1.54, 1.807) is 0 Å². The standard InChI is InChI=1S/C14H17NO5S/c16-5-6-20-14-4-3-9(10(17)8-14)12(13(14)15(18)19)11-2-1-7-21-11/h1-2,7,9,12-13,16H,3-6,8H2/t9-,12-,13-,14-/m1/s1. The summed E-state index contributed by atoms with van der Waals surface area (Å²) in [4.78, 5) is 24.6. The van der Waals surface area contributed by atoms with Gasteiger partial charge in [0.25, 0.3) is 0 Å². The second-order valence-electron chi connectivity index (χ2n) is 5.70. The molecular weight excluding hydrogens is 294 g/mol. The maximum atomic E-state index is 12.3. The molecule has 4 rings (SSSR count). The first-order valence-corrected chi connectivity index (χ1v) is 7.91. The molecule has 0 radical (unpaired) electrons. The van der Waals surface area contributed by atoms with Gasteiger partial charge in [0, 0.05) is 22.1 Å². The molecule has 0 unspecified atom stereocenters. The zero-order chi connectivity index (χ0) is 15.0. The summed E-state index contributed by atoms with van der Waals surface area (Å²) in [5, 5.41) is 22.5. The van der Waals surface area contributed by atoms with E-state index in [4.69, 9.17) is 9.84 Å². The van der Waals surface area contributed by atoms with Crippen molar-refractivity contribution in [3.63, 3.8) is 0 Å². The second kappa shape index (κ2) is 5.47. The third kappa shape index (κ3) is 2.29. The number of fused-ring (bicyclic) bond motifs is 3. The Morgan fingerprint density at radius 2 is 2.38 bits per heavy atom. The van der Waals surface area contributed by atoms with Crippen molar-refractivity contribution < 1.29 is 19.6 Å². The molecule has 21 heavy (non-hydrogen) atoms. The minimum absolute atomic E-state index is 0.0272. The number of carbonyl (C=O) groups excluding carboxylic acids is 1. The molecule has 1 N–H and O–H groups in total. The van der Waals surface area contributed by atoms with Gasteiger partial charge in [0.1, 0.15) is 11.4 Å². The Morgan fingerprint density at radius 1 is 1.57 bits per heavy atom. The monoisotopic (exact) mass is 311 g/mol. The highest BCUT2D eigenvalue weighted by molar-refractivity contribution is 7.10. The van der Waals surface area contributed by atoms with Crippen LogP contribution in [-0.4, -0.2) is 40.7 Å². The van der Waals surface area contributed by atoms with Crippen LogP contribution in [-0.2, 0) is 9.53 Å². The fourth-order valence-electron chi connectivity index (χ4n) is 3.87. The number of nitrogens with zero attached hydrogens (tertiary/aromatic N) is 1. The van der Waals surface area contributed by atoms with Gasteiger partial charge < -0.3 is 9.84 Å². The summed E-state index contributed by atoms with van der Waals surface area (Å²) in [6, 6.07) is 2.80. The van der Waals surface area contributed by atoms with Crippen LogP contribution in [0.15, 0.2) is 17.5 Å². The van der Waals surface area contributed by atoms with Gasteiger partial charge in [-0.15, -0.1) is 11.3 Å². The van der Waals surface area contributed by atoms with Crippen LogP contribution in [0.5, 0.6) is 0 Å². The van der Waals surface area contributed by atoms with Crippen LogP contribution < -0.4 is 0 Å². The third-order valence-corrected chi connectivity index (χ3v) is 5.63. The molecular formula is C14H17NO5S. The fourth-order valence-corrected chi connectivity index (χ4v) is 4.79. The highest BCUT2D eigenvalue weighted by atomic mass is 32.1. The van der Waals surface area contributed by atoms with Crippen LogP contribution in [0.2, 0.25) is 0 Å². The minimum atomic E-state index is -1.06. The van der Waals surface area contributed by atoms with E-state index < -0.39 is 17.6 Å². The molecule has 114 valence electrons. The summed E-state index contributed by atoms with van der Waals surface area (Å²) < 4.78 is 5.67. The number of aliphatic hydroxyl groups is 1. The van der Waals surface area contributed by atoms with Gasteiger partial charge in [0.05, 0.1) is 19.1 Å². The van der Waals surface area contributed by atoms with E-state index in [-0.39, 0.29) is 36.3 Å². The summed E-state index contributed by atoms with van der Waals surface area (Å²) in [5.74, 6) is -0.636. The first-order valence-electron chi connectivity index (χ1n) is 7.03. The molecule has 3 aliphatic rings. The molecule has 2 bridgehead atoms. The Bertz CT molecular complexity index is 546. The van der Waals surface area contributed by atoms with Crippen LogP contribution in [0.4, 0.5) is 0 Å². The number of nitro groups is 1. The van der Waals surface area contributed by atoms with Crippen molar-refractivity contribution in [1.29, 1.82) is 0 Å². The van der Waals surface area contributed by atoms with Crippen molar-refractivity contribution in [2.24, 2.45) is 5.92 Å². The Morgan fingerprint density at radius 3 is 2.95 bits per heavy atom. The Balaban J connectivity index is 2.03. The molecule has 0 aliphatic heterocycles. The summed E-state index contributed by atoms with van der Waals surface area (Å²) >= 11 is 1.45. The van der Waals surface area contributed by atoms with Gasteiger partial charge in [-0.05, 0) is 24.3 Å². The van der Waals surface area contributed by atoms with Gasteiger partial charge in [-0.1, -0.05) is 6.07 Å². The third-order valence-electron chi connectivity index (χ3n) is 4.66. The van der Waals surface area contributed by atoms with Gasteiger partial charge in [0.2, 0.25) is 6.04 Å². The molecule has 0 aromatic carbocycles. The average molecular weight is 311 g/mol.